The first-order chi connectivity index (χ1) is 11.6. The van der Waals surface area contributed by atoms with Crippen LogP contribution in [0.25, 0.3) is 0 Å². The molecule has 3 rings (SSSR count). The molecule has 1 aromatic carbocycles. The summed E-state index contributed by atoms with van der Waals surface area (Å²) in [5.41, 5.74) is 1.64. The lowest BCUT2D eigenvalue weighted by molar-refractivity contribution is 0.645. The second kappa shape index (κ2) is 9.32. The highest BCUT2D eigenvalue weighted by Gasteiger charge is 2.44. The molecule has 1 heterocycles. The van der Waals surface area contributed by atoms with Gasteiger partial charge in [0.2, 0.25) is 0 Å². The van der Waals surface area contributed by atoms with Crippen LogP contribution in [-0.4, -0.2) is 24.5 Å². The number of nitrogens with zero attached hydrogens (tertiary/aromatic N) is 2. The van der Waals surface area contributed by atoms with Crippen molar-refractivity contribution < 1.29 is 0 Å². The fourth-order valence-electron chi connectivity index (χ4n) is 2.76. The van der Waals surface area contributed by atoms with Crippen molar-refractivity contribution in [2.75, 3.05) is 13.6 Å². The smallest absolute Gasteiger partial charge is 0.191 e. The highest BCUT2D eigenvalue weighted by Crippen LogP contribution is 2.48. The van der Waals surface area contributed by atoms with Crippen molar-refractivity contribution in [1.29, 1.82) is 0 Å². The van der Waals surface area contributed by atoms with E-state index in [0.29, 0.717) is 6.54 Å². The van der Waals surface area contributed by atoms with E-state index >= 15 is 0 Å². The number of aromatic nitrogens is 1. The van der Waals surface area contributed by atoms with Crippen molar-refractivity contribution in [3.63, 3.8) is 0 Å². The average molecular weight is 535 g/mol. The van der Waals surface area contributed by atoms with Crippen molar-refractivity contribution >= 4 is 57.2 Å². The van der Waals surface area contributed by atoms with Crippen molar-refractivity contribution in [3.05, 3.63) is 50.4 Å². The Morgan fingerprint density at radius 2 is 2.16 bits per heavy atom. The maximum atomic E-state index is 4.44. The Hall–Kier alpha value is -0.670. The van der Waals surface area contributed by atoms with Gasteiger partial charge in [-0.1, -0.05) is 35.0 Å². The molecule has 25 heavy (non-hydrogen) atoms. The van der Waals surface area contributed by atoms with Gasteiger partial charge >= 0.3 is 0 Å². The minimum absolute atomic E-state index is 0. The van der Waals surface area contributed by atoms with E-state index in [1.165, 1.54) is 23.3 Å². The summed E-state index contributed by atoms with van der Waals surface area (Å²) < 4.78 is 1.14. The van der Waals surface area contributed by atoms with E-state index in [-0.39, 0.29) is 29.4 Å². The Labute approximate surface area is 179 Å². The third-order valence-corrected chi connectivity index (χ3v) is 6.10. The van der Waals surface area contributed by atoms with Crippen LogP contribution in [0.1, 0.15) is 35.2 Å². The van der Waals surface area contributed by atoms with Gasteiger partial charge in [0.05, 0.1) is 6.54 Å². The van der Waals surface area contributed by atoms with Gasteiger partial charge < -0.3 is 10.6 Å². The molecule has 1 aliphatic carbocycles. The van der Waals surface area contributed by atoms with E-state index in [0.717, 1.165) is 28.4 Å². The average Bonchev–Trinajstić information content (AvgIpc) is 3.25. The lowest BCUT2D eigenvalue weighted by Crippen LogP contribution is -2.40. The van der Waals surface area contributed by atoms with Gasteiger partial charge in [-0.25, -0.2) is 4.98 Å². The van der Waals surface area contributed by atoms with E-state index in [1.54, 1.807) is 11.3 Å². The van der Waals surface area contributed by atoms with Gasteiger partial charge in [-0.15, -0.1) is 35.3 Å². The van der Waals surface area contributed by atoms with Crippen LogP contribution in [0.15, 0.2) is 39.9 Å². The van der Waals surface area contributed by atoms with E-state index in [2.05, 4.69) is 67.7 Å². The number of aliphatic imine (C=N–C) groups is 1. The fourth-order valence-corrected chi connectivity index (χ4v) is 3.96. The molecule has 0 saturated heterocycles. The van der Waals surface area contributed by atoms with Gasteiger partial charge in [0.25, 0.3) is 0 Å². The molecule has 4 nitrogen and oxygen atoms in total. The van der Waals surface area contributed by atoms with E-state index in [1.807, 2.05) is 13.2 Å². The molecule has 0 spiro atoms. The molecule has 1 saturated carbocycles. The fraction of sp³-hybridized carbons (Fsp3) is 0.444. The van der Waals surface area contributed by atoms with Crippen LogP contribution in [0, 0.1) is 0 Å². The summed E-state index contributed by atoms with van der Waals surface area (Å²) in [6.07, 6.45) is 5.45. The number of guanidine groups is 1. The quantitative estimate of drug-likeness (QED) is 0.326. The van der Waals surface area contributed by atoms with Crippen LogP contribution in [-0.2, 0) is 18.4 Å². The number of halogens is 2. The van der Waals surface area contributed by atoms with Crippen molar-refractivity contribution in [3.8, 4) is 0 Å². The second-order valence-corrected chi connectivity index (χ2v) is 8.26. The van der Waals surface area contributed by atoms with Crippen LogP contribution >= 0.6 is 51.2 Å². The van der Waals surface area contributed by atoms with Crippen molar-refractivity contribution in [1.82, 2.24) is 15.6 Å². The minimum Gasteiger partial charge on any atom is -0.356 e. The number of nitrogens with one attached hydrogen (secondary N) is 2. The van der Waals surface area contributed by atoms with Crippen LogP contribution in [0.4, 0.5) is 0 Å². The summed E-state index contributed by atoms with van der Waals surface area (Å²) in [6.45, 7) is 3.78. The third kappa shape index (κ3) is 5.40. The number of hydrogen-bond donors (Lipinski definition) is 2. The summed E-state index contributed by atoms with van der Waals surface area (Å²) >= 11 is 5.33. The molecule has 0 aliphatic heterocycles. The first-order valence-electron chi connectivity index (χ1n) is 8.29. The van der Waals surface area contributed by atoms with Gasteiger partial charge in [0.15, 0.2) is 5.96 Å². The second-order valence-electron chi connectivity index (χ2n) is 6.14. The van der Waals surface area contributed by atoms with E-state index in [4.69, 9.17) is 0 Å². The highest BCUT2D eigenvalue weighted by molar-refractivity contribution is 14.0. The summed E-state index contributed by atoms with van der Waals surface area (Å²) in [5.74, 6) is 0.838. The molecule has 1 fully saturated rings. The summed E-state index contributed by atoms with van der Waals surface area (Å²) in [6, 6.07) is 8.64. The zero-order chi connectivity index (χ0) is 17.0. The number of rotatable bonds is 6. The lowest BCUT2D eigenvalue weighted by atomic mass is 9.96. The molecule has 1 aromatic heterocycles. The zero-order valence-corrected chi connectivity index (χ0v) is 19.2. The number of thiazole rings is 1. The summed E-state index contributed by atoms with van der Waals surface area (Å²) in [7, 11) is 1.81. The van der Waals surface area contributed by atoms with Gasteiger partial charge in [-0.2, -0.15) is 0 Å². The Morgan fingerprint density at radius 3 is 2.76 bits per heavy atom. The van der Waals surface area contributed by atoms with Gasteiger partial charge in [0, 0.05) is 34.6 Å². The molecule has 2 aromatic rings. The first kappa shape index (κ1) is 20.6. The lowest BCUT2D eigenvalue weighted by Gasteiger charge is -2.19. The maximum Gasteiger partial charge on any atom is 0.191 e. The maximum absolute atomic E-state index is 4.44. The highest BCUT2D eigenvalue weighted by atomic mass is 127. The van der Waals surface area contributed by atoms with Crippen LogP contribution in [0.3, 0.4) is 0 Å². The van der Waals surface area contributed by atoms with Crippen LogP contribution in [0.5, 0.6) is 0 Å². The molecule has 7 heteroatoms. The topological polar surface area (TPSA) is 49.3 Å². The predicted octanol–water partition coefficient (Wildman–Crippen LogP) is 4.48. The molecule has 2 N–H and O–H groups in total. The molecular weight excluding hydrogens is 511 g/mol. The summed E-state index contributed by atoms with van der Waals surface area (Å²) in [4.78, 5) is 10.1. The SMILES string of the molecule is CCc1cnc(CNC(=NC)NCC2(c3cccc(Br)c3)CC2)s1.I. The van der Waals surface area contributed by atoms with E-state index in [9.17, 15) is 0 Å². The zero-order valence-electron chi connectivity index (χ0n) is 14.5. The minimum atomic E-state index is 0. The molecule has 0 amide bonds. The van der Waals surface area contributed by atoms with Gasteiger partial charge in [-0.05, 0) is 37.0 Å². The monoisotopic (exact) mass is 534 g/mol. The standard InChI is InChI=1S/C18H23BrN4S.HI/c1-3-15-10-21-16(24-15)11-22-17(20-2)23-12-18(7-8-18)13-5-4-6-14(19)9-13;/h4-6,9-10H,3,7-8,11-12H2,1-2H3,(H2,20,22,23);1H. The van der Waals surface area contributed by atoms with Crippen molar-refractivity contribution in [2.24, 2.45) is 4.99 Å². The Balaban J connectivity index is 0.00000225. The molecule has 0 unspecified atom stereocenters. The number of benzene rings is 1. The third-order valence-electron chi connectivity index (χ3n) is 4.47. The Morgan fingerprint density at radius 1 is 1.36 bits per heavy atom. The van der Waals surface area contributed by atoms with Gasteiger partial charge in [-0.3, -0.25) is 4.99 Å². The Bertz CT molecular complexity index is 727. The van der Waals surface area contributed by atoms with Crippen LogP contribution < -0.4 is 10.6 Å². The molecule has 0 bridgehead atoms. The molecule has 0 radical (unpaired) electrons. The predicted molar refractivity (Wildman–Crippen MR) is 120 cm³/mol. The summed E-state index contributed by atoms with van der Waals surface area (Å²) in [5, 5.41) is 7.95. The number of hydrogen-bond acceptors (Lipinski definition) is 3. The molecule has 0 atom stereocenters. The first-order valence-corrected chi connectivity index (χ1v) is 9.90. The van der Waals surface area contributed by atoms with Crippen molar-refractivity contribution in [2.45, 2.75) is 38.1 Å². The molecule has 136 valence electrons. The molecular formula is C18H24BrIN4S. The largest absolute Gasteiger partial charge is 0.356 e. The molecule has 1 aliphatic rings. The van der Waals surface area contributed by atoms with E-state index < -0.39 is 0 Å². The van der Waals surface area contributed by atoms with Crippen LogP contribution in [0.2, 0.25) is 0 Å². The normalized spacial score (nSPS) is 15.4. The van der Waals surface area contributed by atoms with Gasteiger partial charge in [0.1, 0.15) is 5.01 Å². The Kier molecular flexibility index (Phi) is 7.69. The number of aryl methyl sites for hydroxylation is 1.